The lowest BCUT2D eigenvalue weighted by atomic mass is 10.1. The normalized spacial score (nSPS) is 9.88. The van der Waals surface area contributed by atoms with Crippen molar-refractivity contribution in [1.82, 2.24) is 5.32 Å². The highest BCUT2D eigenvalue weighted by molar-refractivity contribution is 9.10. The number of carbonyl (C=O) groups excluding carboxylic acids is 2. The van der Waals surface area contributed by atoms with Crippen molar-refractivity contribution in [2.75, 3.05) is 11.9 Å². The average Bonchev–Trinajstić information content (AvgIpc) is 2.20. The van der Waals surface area contributed by atoms with Crippen molar-refractivity contribution in [2.24, 2.45) is 0 Å². The number of carbonyl (C=O) groups is 2. The Kier molecular flexibility index (Phi) is 4.69. The first-order valence-electron chi connectivity index (χ1n) is 5.21. The Bertz CT molecular complexity index is 435. The Morgan fingerprint density at radius 1 is 1.29 bits per heavy atom. The van der Waals surface area contributed by atoms with Gasteiger partial charge in [0, 0.05) is 11.4 Å². The fraction of sp³-hybridized carbons (Fsp3) is 0.333. The van der Waals surface area contributed by atoms with E-state index in [4.69, 9.17) is 0 Å². The third-order valence-corrected chi connectivity index (χ3v) is 2.82. The van der Waals surface area contributed by atoms with Gasteiger partial charge in [-0.1, -0.05) is 6.07 Å². The number of rotatable bonds is 3. The van der Waals surface area contributed by atoms with Gasteiger partial charge in [0.2, 0.25) is 11.8 Å². The molecule has 0 saturated heterocycles. The van der Waals surface area contributed by atoms with Crippen molar-refractivity contribution in [2.45, 2.75) is 20.8 Å². The maximum Gasteiger partial charge on any atom is 0.243 e. The van der Waals surface area contributed by atoms with Gasteiger partial charge in [-0.2, -0.15) is 0 Å². The second kappa shape index (κ2) is 5.82. The summed E-state index contributed by atoms with van der Waals surface area (Å²) in [4.78, 5) is 22.2. The molecule has 1 aromatic rings. The lowest BCUT2D eigenvalue weighted by molar-refractivity contribution is -0.122. The van der Waals surface area contributed by atoms with E-state index in [1.807, 2.05) is 26.0 Å². The average molecular weight is 299 g/mol. The summed E-state index contributed by atoms with van der Waals surface area (Å²) < 4.78 is 0.839. The highest BCUT2D eigenvalue weighted by Crippen LogP contribution is 2.27. The van der Waals surface area contributed by atoms with Crippen LogP contribution >= 0.6 is 15.9 Å². The molecular formula is C12H15BrN2O2. The van der Waals surface area contributed by atoms with E-state index >= 15 is 0 Å². The van der Waals surface area contributed by atoms with E-state index < -0.39 is 0 Å². The molecule has 0 atom stereocenters. The Labute approximate surface area is 109 Å². The van der Waals surface area contributed by atoms with E-state index in [2.05, 4.69) is 26.6 Å². The summed E-state index contributed by atoms with van der Waals surface area (Å²) in [6.45, 7) is 5.27. The van der Waals surface area contributed by atoms with E-state index in [0.717, 1.165) is 21.3 Å². The molecule has 0 aliphatic heterocycles. The van der Waals surface area contributed by atoms with Gasteiger partial charge in [-0.3, -0.25) is 9.59 Å². The van der Waals surface area contributed by atoms with Crippen LogP contribution in [0.3, 0.4) is 0 Å². The first-order valence-corrected chi connectivity index (χ1v) is 6.00. The van der Waals surface area contributed by atoms with Gasteiger partial charge >= 0.3 is 0 Å². The fourth-order valence-corrected chi connectivity index (χ4v) is 2.24. The van der Waals surface area contributed by atoms with Crippen LogP contribution in [0.25, 0.3) is 0 Å². The predicted molar refractivity (Wildman–Crippen MR) is 70.9 cm³/mol. The molecule has 0 radical (unpaired) electrons. The summed E-state index contributed by atoms with van der Waals surface area (Å²) in [5, 5.41) is 5.21. The van der Waals surface area contributed by atoms with E-state index in [1.165, 1.54) is 6.92 Å². The van der Waals surface area contributed by atoms with Crippen LogP contribution in [0.4, 0.5) is 5.69 Å². The maximum absolute atomic E-state index is 11.6. The standard InChI is InChI=1S/C12H15BrN2O2/c1-7-4-8(2)12(10(13)5-7)15-11(17)6-14-9(3)16/h4-5H,6H2,1-3H3,(H,14,16)(H,15,17). The molecule has 2 N–H and O–H groups in total. The maximum atomic E-state index is 11.6. The minimum Gasteiger partial charge on any atom is -0.347 e. The third kappa shape index (κ3) is 4.19. The van der Waals surface area contributed by atoms with E-state index in [9.17, 15) is 9.59 Å². The van der Waals surface area contributed by atoms with Gasteiger partial charge in [0.05, 0.1) is 12.2 Å². The van der Waals surface area contributed by atoms with Gasteiger partial charge in [-0.15, -0.1) is 0 Å². The van der Waals surface area contributed by atoms with Crippen molar-refractivity contribution in [1.29, 1.82) is 0 Å². The number of nitrogens with one attached hydrogen (secondary N) is 2. The molecule has 1 rings (SSSR count). The molecule has 0 saturated carbocycles. The van der Waals surface area contributed by atoms with Crippen molar-refractivity contribution >= 4 is 33.4 Å². The van der Waals surface area contributed by atoms with Gasteiger partial charge in [-0.25, -0.2) is 0 Å². The number of hydrogen-bond donors (Lipinski definition) is 2. The Morgan fingerprint density at radius 3 is 2.47 bits per heavy atom. The molecule has 0 unspecified atom stereocenters. The lowest BCUT2D eigenvalue weighted by Gasteiger charge is -2.11. The number of hydrogen-bond acceptors (Lipinski definition) is 2. The molecule has 0 aromatic heterocycles. The number of amides is 2. The first-order chi connectivity index (χ1) is 7.90. The van der Waals surface area contributed by atoms with Crippen LogP contribution in [0, 0.1) is 13.8 Å². The second-order valence-electron chi connectivity index (χ2n) is 3.90. The molecular weight excluding hydrogens is 284 g/mol. The first kappa shape index (κ1) is 13.7. The third-order valence-electron chi connectivity index (χ3n) is 2.19. The van der Waals surface area contributed by atoms with Gasteiger partial charge in [0.25, 0.3) is 0 Å². The molecule has 4 nitrogen and oxygen atoms in total. The van der Waals surface area contributed by atoms with E-state index in [-0.39, 0.29) is 18.4 Å². The summed E-state index contributed by atoms with van der Waals surface area (Å²) in [6, 6.07) is 3.92. The zero-order chi connectivity index (χ0) is 13.0. The quantitative estimate of drug-likeness (QED) is 0.898. The van der Waals surface area contributed by atoms with E-state index in [1.54, 1.807) is 0 Å². The van der Waals surface area contributed by atoms with E-state index in [0.29, 0.717) is 0 Å². The minimum atomic E-state index is -0.243. The van der Waals surface area contributed by atoms with Crippen LogP contribution in [0.5, 0.6) is 0 Å². The molecule has 0 spiro atoms. The zero-order valence-corrected chi connectivity index (χ0v) is 11.6. The van der Waals surface area contributed by atoms with Gasteiger partial charge < -0.3 is 10.6 Å². The lowest BCUT2D eigenvalue weighted by Crippen LogP contribution is -2.31. The van der Waals surface area contributed by atoms with Crippen molar-refractivity contribution in [3.63, 3.8) is 0 Å². The Morgan fingerprint density at radius 2 is 1.94 bits per heavy atom. The molecule has 1 aromatic carbocycles. The van der Waals surface area contributed by atoms with Crippen LogP contribution in [-0.2, 0) is 9.59 Å². The van der Waals surface area contributed by atoms with Crippen LogP contribution < -0.4 is 10.6 Å². The molecule has 0 aliphatic carbocycles. The predicted octanol–water partition coefficient (Wildman–Crippen LogP) is 2.14. The summed E-state index contributed by atoms with van der Waals surface area (Å²) >= 11 is 3.40. The minimum absolute atomic E-state index is 0.0188. The highest BCUT2D eigenvalue weighted by atomic mass is 79.9. The SMILES string of the molecule is CC(=O)NCC(=O)Nc1c(C)cc(C)cc1Br. The van der Waals surface area contributed by atoms with Crippen LogP contribution in [0.2, 0.25) is 0 Å². The summed E-state index contributed by atoms with van der Waals surface area (Å²) in [7, 11) is 0. The fourth-order valence-electron chi connectivity index (χ4n) is 1.46. The van der Waals surface area contributed by atoms with Gasteiger partial charge in [0.1, 0.15) is 0 Å². The smallest absolute Gasteiger partial charge is 0.243 e. The summed E-state index contributed by atoms with van der Waals surface area (Å²) in [6.07, 6.45) is 0. The Balaban J connectivity index is 2.75. The monoisotopic (exact) mass is 298 g/mol. The molecule has 17 heavy (non-hydrogen) atoms. The second-order valence-corrected chi connectivity index (χ2v) is 4.75. The van der Waals surface area contributed by atoms with Gasteiger partial charge in [0.15, 0.2) is 0 Å². The number of halogens is 1. The van der Waals surface area contributed by atoms with Crippen LogP contribution in [0.15, 0.2) is 16.6 Å². The zero-order valence-electron chi connectivity index (χ0n) is 10.1. The molecule has 2 amide bonds. The molecule has 0 aliphatic rings. The summed E-state index contributed by atoms with van der Waals surface area (Å²) in [5.41, 5.74) is 2.84. The van der Waals surface area contributed by atoms with Crippen LogP contribution in [0.1, 0.15) is 18.1 Å². The summed E-state index contributed by atoms with van der Waals surface area (Å²) in [5.74, 6) is -0.465. The Hall–Kier alpha value is -1.36. The topological polar surface area (TPSA) is 58.2 Å². The highest BCUT2D eigenvalue weighted by Gasteiger charge is 2.09. The largest absolute Gasteiger partial charge is 0.347 e. The molecule has 5 heteroatoms. The molecule has 0 bridgehead atoms. The molecule has 0 fully saturated rings. The number of benzene rings is 1. The molecule has 92 valence electrons. The van der Waals surface area contributed by atoms with Crippen molar-refractivity contribution < 1.29 is 9.59 Å². The van der Waals surface area contributed by atoms with Gasteiger partial charge in [-0.05, 0) is 47.0 Å². The molecule has 0 heterocycles. The van der Waals surface area contributed by atoms with Crippen molar-refractivity contribution in [3.05, 3.63) is 27.7 Å². The van der Waals surface area contributed by atoms with Crippen molar-refractivity contribution in [3.8, 4) is 0 Å². The number of aryl methyl sites for hydroxylation is 2. The van der Waals surface area contributed by atoms with Crippen LogP contribution in [-0.4, -0.2) is 18.4 Å². The number of anilines is 1.